The monoisotopic (exact) mass is 215 g/mol. The predicted molar refractivity (Wildman–Crippen MR) is 67.6 cm³/mol. The molecule has 2 unspecified atom stereocenters. The van der Waals surface area contributed by atoms with Gasteiger partial charge in [-0.05, 0) is 44.6 Å². The second-order valence-corrected chi connectivity index (χ2v) is 5.66. The summed E-state index contributed by atoms with van der Waals surface area (Å²) >= 11 is 0. The number of piperidine rings is 1. The lowest BCUT2D eigenvalue weighted by molar-refractivity contribution is -0.0596. The van der Waals surface area contributed by atoms with Gasteiger partial charge < -0.3 is 0 Å². The van der Waals surface area contributed by atoms with Gasteiger partial charge in [-0.1, -0.05) is 30.3 Å². The molecule has 2 aliphatic heterocycles. The van der Waals surface area contributed by atoms with Gasteiger partial charge in [0.2, 0.25) is 0 Å². The minimum absolute atomic E-state index is 0.737. The van der Waals surface area contributed by atoms with Crippen LogP contribution < -0.4 is 0 Å². The molecule has 0 amide bonds. The van der Waals surface area contributed by atoms with E-state index in [4.69, 9.17) is 0 Å². The van der Waals surface area contributed by atoms with E-state index >= 15 is 0 Å². The van der Waals surface area contributed by atoms with Gasteiger partial charge in [-0.25, -0.2) is 0 Å². The van der Waals surface area contributed by atoms with E-state index in [0.29, 0.717) is 0 Å². The average Bonchev–Trinajstić information content (AvgIpc) is 2.29. The summed E-state index contributed by atoms with van der Waals surface area (Å²) in [6.07, 6.45) is 4.19. The van der Waals surface area contributed by atoms with Gasteiger partial charge in [-0.2, -0.15) is 0 Å². The van der Waals surface area contributed by atoms with Crippen LogP contribution in [0, 0.1) is 0 Å². The van der Waals surface area contributed by atoms with Crippen LogP contribution in [0.15, 0.2) is 30.3 Å². The Bertz CT molecular complexity index is 345. The summed E-state index contributed by atoms with van der Waals surface area (Å²) < 4.78 is 0. The number of benzene rings is 1. The highest BCUT2D eigenvalue weighted by Crippen LogP contribution is 2.46. The summed E-state index contributed by atoms with van der Waals surface area (Å²) in [5, 5.41) is 0. The number of hydrogen-bond acceptors (Lipinski definition) is 1. The van der Waals surface area contributed by atoms with Gasteiger partial charge in [0.1, 0.15) is 0 Å². The first kappa shape index (κ1) is 10.3. The zero-order chi connectivity index (χ0) is 11.1. The third kappa shape index (κ3) is 1.58. The summed E-state index contributed by atoms with van der Waals surface area (Å²) in [6.45, 7) is 4.67. The first-order valence-corrected chi connectivity index (χ1v) is 6.58. The van der Waals surface area contributed by atoms with Crippen molar-refractivity contribution in [2.24, 2.45) is 0 Å². The van der Waals surface area contributed by atoms with Crippen molar-refractivity contribution in [3.63, 3.8) is 0 Å². The van der Waals surface area contributed by atoms with Crippen molar-refractivity contribution in [2.75, 3.05) is 0 Å². The van der Waals surface area contributed by atoms with Crippen molar-refractivity contribution >= 4 is 0 Å². The molecule has 1 aliphatic carbocycles. The fourth-order valence-corrected chi connectivity index (χ4v) is 3.75. The van der Waals surface area contributed by atoms with E-state index in [-0.39, 0.29) is 0 Å². The Labute approximate surface area is 98.5 Å². The first-order chi connectivity index (χ1) is 7.75. The fourth-order valence-electron chi connectivity index (χ4n) is 3.75. The minimum atomic E-state index is 0.737. The van der Waals surface area contributed by atoms with Gasteiger partial charge in [0.15, 0.2) is 0 Å². The second-order valence-electron chi connectivity index (χ2n) is 5.66. The largest absolute Gasteiger partial charge is 0.295 e. The van der Waals surface area contributed by atoms with Crippen LogP contribution in [0.2, 0.25) is 0 Å². The molecule has 1 aromatic rings. The van der Waals surface area contributed by atoms with Gasteiger partial charge >= 0.3 is 0 Å². The highest BCUT2D eigenvalue weighted by Gasteiger charge is 2.46. The molecule has 0 aromatic heterocycles. The maximum Gasteiger partial charge on any atom is 0.0122 e. The van der Waals surface area contributed by atoms with E-state index < -0.39 is 0 Å². The van der Waals surface area contributed by atoms with Crippen LogP contribution >= 0.6 is 0 Å². The molecule has 2 saturated heterocycles. The molecular weight excluding hydrogens is 194 g/mol. The fraction of sp³-hybridized carbons (Fsp3) is 0.600. The predicted octanol–water partition coefficient (Wildman–Crippen LogP) is 3.42. The van der Waals surface area contributed by atoms with E-state index in [1.54, 1.807) is 5.56 Å². The molecule has 2 bridgehead atoms. The summed E-state index contributed by atoms with van der Waals surface area (Å²) in [4.78, 5) is 2.72. The lowest BCUT2D eigenvalue weighted by atomic mass is 9.70. The van der Waals surface area contributed by atoms with Crippen molar-refractivity contribution < 1.29 is 0 Å². The molecule has 2 heterocycles. The first-order valence-electron chi connectivity index (χ1n) is 6.58. The van der Waals surface area contributed by atoms with E-state index in [0.717, 1.165) is 24.0 Å². The molecule has 1 aromatic carbocycles. The van der Waals surface area contributed by atoms with Gasteiger partial charge in [-0.15, -0.1) is 0 Å². The average molecular weight is 215 g/mol. The number of hydrogen-bond donors (Lipinski definition) is 0. The Hall–Kier alpha value is -0.820. The summed E-state index contributed by atoms with van der Waals surface area (Å²) in [5.74, 6) is 0.819. The lowest BCUT2D eigenvalue weighted by Gasteiger charge is -2.57. The second kappa shape index (κ2) is 3.89. The zero-order valence-electron chi connectivity index (χ0n) is 10.3. The molecule has 86 valence electrons. The van der Waals surface area contributed by atoms with Crippen LogP contribution in [0.25, 0.3) is 0 Å². The molecule has 3 aliphatic rings. The van der Waals surface area contributed by atoms with E-state index in [1.807, 2.05) is 0 Å². The molecule has 0 spiro atoms. The maximum absolute atomic E-state index is 2.72. The van der Waals surface area contributed by atoms with Crippen molar-refractivity contribution in [3.8, 4) is 0 Å². The Kier molecular flexibility index (Phi) is 2.51. The number of fused-ring (bicyclic) bond motifs is 2. The highest BCUT2D eigenvalue weighted by molar-refractivity contribution is 5.22. The molecule has 4 rings (SSSR count). The molecular formula is C15H21N. The van der Waals surface area contributed by atoms with E-state index in [9.17, 15) is 0 Å². The Morgan fingerprint density at radius 3 is 2.19 bits per heavy atom. The smallest absolute Gasteiger partial charge is 0.0122 e. The molecule has 16 heavy (non-hydrogen) atoms. The van der Waals surface area contributed by atoms with Crippen LogP contribution in [0.3, 0.4) is 0 Å². The molecule has 1 saturated carbocycles. The SMILES string of the molecule is CC(C)N1C2CC(c3ccccc3)CC1C2. The molecule has 1 nitrogen and oxygen atoms in total. The van der Waals surface area contributed by atoms with Crippen LogP contribution in [-0.4, -0.2) is 23.0 Å². The topological polar surface area (TPSA) is 3.24 Å². The van der Waals surface area contributed by atoms with Crippen LogP contribution in [0.1, 0.15) is 44.6 Å². The van der Waals surface area contributed by atoms with Crippen LogP contribution in [-0.2, 0) is 0 Å². The van der Waals surface area contributed by atoms with E-state index in [1.165, 1.54) is 19.3 Å². The molecule has 2 atom stereocenters. The zero-order valence-corrected chi connectivity index (χ0v) is 10.3. The van der Waals surface area contributed by atoms with Crippen LogP contribution in [0.5, 0.6) is 0 Å². The molecule has 1 heteroatoms. The summed E-state index contributed by atoms with van der Waals surface area (Å²) in [7, 11) is 0. The Morgan fingerprint density at radius 2 is 1.62 bits per heavy atom. The highest BCUT2D eigenvalue weighted by atomic mass is 15.3. The van der Waals surface area contributed by atoms with Crippen molar-refractivity contribution in [1.82, 2.24) is 4.90 Å². The molecule has 0 radical (unpaired) electrons. The van der Waals surface area contributed by atoms with Gasteiger partial charge in [0.25, 0.3) is 0 Å². The van der Waals surface area contributed by atoms with Crippen LogP contribution in [0.4, 0.5) is 0 Å². The summed E-state index contributed by atoms with van der Waals surface area (Å²) in [6, 6.07) is 13.5. The Morgan fingerprint density at radius 1 is 1.00 bits per heavy atom. The maximum atomic E-state index is 2.72. The van der Waals surface area contributed by atoms with Crippen molar-refractivity contribution in [3.05, 3.63) is 35.9 Å². The normalized spacial score (nSPS) is 33.8. The van der Waals surface area contributed by atoms with Crippen molar-refractivity contribution in [2.45, 2.75) is 57.2 Å². The van der Waals surface area contributed by atoms with Crippen molar-refractivity contribution in [1.29, 1.82) is 0 Å². The minimum Gasteiger partial charge on any atom is -0.295 e. The molecule has 3 fully saturated rings. The van der Waals surface area contributed by atoms with E-state index in [2.05, 4.69) is 49.1 Å². The number of rotatable bonds is 2. The third-order valence-corrected chi connectivity index (χ3v) is 4.37. The number of nitrogens with zero attached hydrogens (tertiary/aromatic N) is 1. The lowest BCUT2D eigenvalue weighted by Crippen LogP contribution is -2.62. The van der Waals surface area contributed by atoms with Gasteiger partial charge in [-0.3, -0.25) is 4.90 Å². The summed E-state index contributed by atoms with van der Waals surface area (Å²) in [5.41, 5.74) is 1.56. The third-order valence-electron chi connectivity index (χ3n) is 4.37. The molecule has 0 N–H and O–H groups in total. The van der Waals surface area contributed by atoms with Gasteiger partial charge in [0.05, 0.1) is 0 Å². The van der Waals surface area contributed by atoms with Gasteiger partial charge in [0, 0.05) is 18.1 Å². The Balaban J connectivity index is 1.72. The quantitative estimate of drug-likeness (QED) is 0.730. The standard InChI is InChI=1S/C15H21N/c1-11(2)16-14-8-13(9-15(16)10-14)12-6-4-3-5-7-12/h3-7,11,13-15H,8-10H2,1-2H3.